The summed E-state index contributed by atoms with van der Waals surface area (Å²) in [5.41, 5.74) is 0. The zero-order valence-corrected chi connectivity index (χ0v) is 10.7. The largest absolute Gasteiger partial charge is 0.383 e. The van der Waals surface area contributed by atoms with Crippen LogP contribution in [0.4, 0.5) is 0 Å². The molecule has 1 unspecified atom stereocenters. The molecule has 0 aliphatic carbocycles. The fourth-order valence-corrected chi connectivity index (χ4v) is 1.28. The molecule has 0 saturated carbocycles. The predicted octanol–water partition coefficient (Wildman–Crippen LogP) is 1.55. The fourth-order valence-electron chi connectivity index (χ4n) is 0.836. The minimum absolute atomic E-state index is 0.231. The molecular formula is C9H19IO4. The van der Waals surface area contributed by atoms with Crippen molar-refractivity contribution in [1.82, 2.24) is 0 Å². The van der Waals surface area contributed by atoms with Gasteiger partial charge in [-0.2, -0.15) is 0 Å². The molecule has 5 heteroatoms. The lowest BCUT2D eigenvalue weighted by Crippen LogP contribution is -2.06. The molecule has 0 bridgehead atoms. The van der Waals surface area contributed by atoms with Crippen LogP contribution in [0, 0.1) is 0 Å². The van der Waals surface area contributed by atoms with Crippen LogP contribution in [0.2, 0.25) is 0 Å². The van der Waals surface area contributed by atoms with Crippen molar-refractivity contribution in [2.24, 2.45) is 0 Å². The van der Waals surface area contributed by atoms with Crippen LogP contribution in [0.1, 0.15) is 19.3 Å². The Labute approximate surface area is 99.1 Å². The summed E-state index contributed by atoms with van der Waals surface area (Å²) in [6.07, 6.45) is 2.78. The van der Waals surface area contributed by atoms with Crippen molar-refractivity contribution < 1.29 is 19.3 Å². The van der Waals surface area contributed by atoms with Gasteiger partial charge in [0.25, 0.3) is 0 Å². The third-order valence-corrected chi connectivity index (χ3v) is 2.20. The zero-order valence-electron chi connectivity index (χ0n) is 8.58. The first-order chi connectivity index (χ1) is 6.77. The highest BCUT2D eigenvalue weighted by molar-refractivity contribution is 14.1. The Kier molecular flexibility index (Phi) is 12.1. The number of aliphatic hydroxyl groups excluding tert-OH is 1. The van der Waals surface area contributed by atoms with Crippen LogP contribution in [0.3, 0.4) is 0 Å². The molecule has 0 aromatic carbocycles. The monoisotopic (exact) mass is 318 g/mol. The van der Waals surface area contributed by atoms with Gasteiger partial charge in [-0.05, 0) is 19.3 Å². The summed E-state index contributed by atoms with van der Waals surface area (Å²) in [5, 5.41) is 8.96. The second-order valence-electron chi connectivity index (χ2n) is 2.86. The van der Waals surface area contributed by atoms with E-state index in [0.29, 0.717) is 26.6 Å². The lowest BCUT2D eigenvalue weighted by Gasteiger charge is -2.05. The lowest BCUT2D eigenvalue weighted by molar-refractivity contribution is -0.0665. The van der Waals surface area contributed by atoms with Gasteiger partial charge in [0.1, 0.15) is 10.9 Å². The average molecular weight is 318 g/mol. The Morgan fingerprint density at radius 3 is 2.50 bits per heavy atom. The Bertz CT molecular complexity index is 111. The number of unbranched alkanes of at least 4 members (excludes halogenated alkanes) is 1. The topological polar surface area (TPSA) is 47.9 Å². The third-order valence-electron chi connectivity index (χ3n) is 1.58. The number of methoxy groups -OCH3 is 1. The summed E-state index contributed by atoms with van der Waals surface area (Å²) >= 11 is 2.00. The summed E-state index contributed by atoms with van der Waals surface area (Å²) in [6.45, 7) is 2.19. The Morgan fingerprint density at radius 1 is 1.14 bits per heavy atom. The van der Waals surface area contributed by atoms with Crippen LogP contribution in [0.25, 0.3) is 0 Å². The van der Waals surface area contributed by atoms with E-state index in [9.17, 15) is 0 Å². The first-order valence-corrected chi connectivity index (χ1v) is 5.98. The van der Waals surface area contributed by atoms with Gasteiger partial charge in [-0.25, -0.2) is 0 Å². The molecule has 0 fully saturated rings. The lowest BCUT2D eigenvalue weighted by atomic mass is 10.2. The van der Waals surface area contributed by atoms with Crippen molar-refractivity contribution in [3.8, 4) is 0 Å². The van der Waals surface area contributed by atoms with Gasteiger partial charge in [-0.3, -0.25) is 0 Å². The number of alkyl halides is 1. The molecule has 0 spiro atoms. The van der Waals surface area contributed by atoms with Crippen molar-refractivity contribution in [2.75, 3.05) is 33.7 Å². The highest BCUT2D eigenvalue weighted by atomic mass is 127. The number of ether oxygens (including phenoxy) is 3. The number of aliphatic hydroxyl groups is 1. The van der Waals surface area contributed by atoms with E-state index in [4.69, 9.17) is 19.3 Å². The minimum Gasteiger partial charge on any atom is -0.383 e. The Balaban J connectivity index is 2.85. The molecule has 0 aromatic heterocycles. The molecule has 0 radical (unpaired) electrons. The average Bonchev–Trinajstić information content (AvgIpc) is 2.15. The maximum Gasteiger partial charge on any atom is 0.146 e. The molecule has 0 saturated heterocycles. The summed E-state index contributed by atoms with van der Waals surface area (Å²) in [5.74, 6) is 0. The molecule has 0 amide bonds. The first-order valence-electron chi connectivity index (χ1n) is 4.74. The van der Waals surface area contributed by atoms with E-state index in [0.717, 1.165) is 19.3 Å². The van der Waals surface area contributed by atoms with Crippen molar-refractivity contribution in [1.29, 1.82) is 0 Å². The van der Waals surface area contributed by atoms with Crippen LogP contribution in [-0.2, 0) is 14.2 Å². The standard InChI is InChI=1S/C9H19IO4/c1-12-6-7-14-8-13-5-3-2-4-9(10)11/h9,11H,2-8H2,1H3. The van der Waals surface area contributed by atoms with Gasteiger partial charge in [0.15, 0.2) is 0 Å². The van der Waals surface area contributed by atoms with Crippen LogP contribution in [0.5, 0.6) is 0 Å². The molecule has 0 rings (SSSR count). The van der Waals surface area contributed by atoms with E-state index < -0.39 is 0 Å². The van der Waals surface area contributed by atoms with Gasteiger partial charge in [-0.15, -0.1) is 0 Å². The van der Waals surface area contributed by atoms with Gasteiger partial charge in [0.05, 0.1) is 13.2 Å². The van der Waals surface area contributed by atoms with E-state index in [2.05, 4.69) is 0 Å². The van der Waals surface area contributed by atoms with Gasteiger partial charge in [-0.1, -0.05) is 22.6 Å². The van der Waals surface area contributed by atoms with E-state index in [-0.39, 0.29) is 4.11 Å². The maximum absolute atomic E-state index is 8.96. The number of hydrogen-bond donors (Lipinski definition) is 1. The summed E-state index contributed by atoms with van der Waals surface area (Å²) in [6, 6.07) is 0. The molecule has 4 nitrogen and oxygen atoms in total. The van der Waals surface area contributed by atoms with E-state index >= 15 is 0 Å². The second-order valence-corrected chi connectivity index (χ2v) is 4.30. The van der Waals surface area contributed by atoms with E-state index in [1.54, 1.807) is 7.11 Å². The van der Waals surface area contributed by atoms with Crippen LogP contribution >= 0.6 is 22.6 Å². The smallest absolute Gasteiger partial charge is 0.146 e. The number of rotatable bonds is 10. The Morgan fingerprint density at radius 2 is 1.86 bits per heavy atom. The fraction of sp³-hybridized carbons (Fsp3) is 1.00. The SMILES string of the molecule is COCCOCOCCCCC(O)I. The molecule has 1 N–H and O–H groups in total. The molecule has 0 aliphatic heterocycles. The normalized spacial score (nSPS) is 13.1. The van der Waals surface area contributed by atoms with Crippen LogP contribution in [0.15, 0.2) is 0 Å². The molecule has 0 heterocycles. The van der Waals surface area contributed by atoms with E-state index in [1.165, 1.54) is 0 Å². The molecule has 0 aliphatic rings. The summed E-state index contributed by atoms with van der Waals surface area (Å²) in [4.78, 5) is 0. The van der Waals surface area contributed by atoms with Gasteiger partial charge in [0, 0.05) is 13.7 Å². The van der Waals surface area contributed by atoms with Crippen molar-refractivity contribution in [3.05, 3.63) is 0 Å². The van der Waals surface area contributed by atoms with Crippen LogP contribution < -0.4 is 0 Å². The van der Waals surface area contributed by atoms with Gasteiger partial charge >= 0.3 is 0 Å². The first kappa shape index (κ1) is 14.6. The maximum atomic E-state index is 8.96. The quantitative estimate of drug-likeness (QED) is 0.287. The predicted molar refractivity (Wildman–Crippen MR) is 62.5 cm³/mol. The molecular weight excluding hydrogens is 299 g/mol. The van der Waals surface area contributed by atoms with Gasteiger partial charge in [0.2, 0.25) is 0 Å². The highest BCUT2D eigenvalue weighted by Crippen LogP contribution is 2.06. The van der Waals surface area contributed by atoms with Gasteiger partial charge < -0.3 is 19.3 Å². The van der Waals surface area contributed by atoms with Crippen molar-refractivity contribution in [3.63, 3.8) is 0 Å². The molecule has 1 atom stereocenters. The summed E-state index contributed by atoms with van der Waals surface area (Å²) < 4.78 is 14.9. The van der Waals surface area contributed by atoms with Crippen molar-refractivity contribution >= 4 is 22.6 Å². The molecule has 86 valence electrons. The minimum atomic E-state index is -0.231. The Hall–Kier alpha value is 0.570. The third kappa shape index (κ3) is 12.6. The highest BCUT2D eigenvalue weighted by Gasteiger charge is 1.96. The van der Waals surface area contributed by atoms with Crippen LogP contribution in [-0.4, -0.2) is 42.9 Å². The van der Waals surface area contributed by atoms with E-state index in [1.807, 2.05) is 22.6 Å². The zero-order chi connectivity index (χ0) is 10.6. The van der Waals surface area contributed by atoms with Crippen molar-refractivity contribution in [2.45, 2.75) is 23.4 Å². The second kappa shape index (κ2) is 11.6. The molecule has 14 heavy (non-hydrogen) atoms. The molecule has 0 aromatic rings. The number of halogens is 1. The summed E-state index contributed by atoms with van der Waals surface area (Å²) in [7, 11) is 1.64. The number of hydrogen-bond acceptors (Lipinski definition) is 4.